The Labute approximate surface area is 181 Å². The maximum absolute atomic E-state index is 12.8. The van der Waals surface area contributed by atoms with Gasteiger partial charge in [-0.05, 0) is 38.3 Å². The normalized spacial score (nSPS) is 17.1. The molecule has 1 amide bonds. The highest BCUT2D eigenvalue weighted by Crippen LogP contribution is 2.19. The van der Waals surface area contributed by atoms with Crippen LogP contribution in [-0.4, -0.2) is 55.9 Å². The minimum Gasteiger partial charge on any atom is -0.354 e. The maximum atomic E-state index is 12.8. The highest BCUT2D eigenvalue weighted by molar-refractivity contribution is 5.75. The molecule has 8 nitrogen and oxygen atoms in total. The fourth-order valence-electron chi connectivity index (χ4n) is 4.32. The van der Waals surface area contributed by atoms with E-state index in [0.29, 0.717) is 23.8 Å². The molecule has 3 heterocycles. The van der Waals surface area contributed by atoms with Gasteiger partial charge in [-0.2, -0.15) is 10.2 Å². The second-order valence-electron chi connectivity index (χ2n) is 8.12. The summed E-state index contributed by atoms with van der Waals surface area (Å²) in [6.07, 6.45) is 7.43. The molecule has 1 saturated heterocycles. The molecule has 1 N–H and O–H groups in total. The minimum atomic E-state index is -0.327. The van der Waals surface area contributed by atoms with Gasteiger partial charge in [-0.25, -0.2) is 9.20 Å². The SMILES string of the molecule is CCC1CCCCN1CCCNC(=O)Cn1ncn2nc(-c3ccccc3)cc2c1=O. The number of fused-ring (bicyclic) bond motifs is 1. The van der Waals surface area contributed by atoms with Crippen LogP contribution in [0.3, 0.4) is 0 Å². The lowest BCUT2D eigenvalue weighted by molar-refractivity contribution is -0.121. The van der Waals surface area contributed by atoms with E-state index in [2.05, 4.69) is 27.3 Å². The van der Waals surface area contributed by atoms with Crippen molar-refractivity contribution >= 4 is 11.4 Å². The highest BCUT2D eigenvalue weighted by Gasteiger charge is 2.20. The van der Waals surface area contributed by atoms with Gasteiger partial charge in [-0.15, -0.1) is 0 Å². The number of hydrogen-bond acceptors (Lipinski definition) is 5. The zero-order chi connectivity index (χ0) is 21.6. The van der Waals surface area contributed by atoms with Gasteiger partial charge in [0.05, 0.1) is 5.69 Å². The van der Waals surface area contributed by atoms with E-state index in [0.717, 1.165) is 25.1 Å². The van der Waals surface area contributed by atoms with E-state index in [1.807, 2.05) is 30.3 Å². The summed E-state index contributed by atoms with van der Waals surface area (Å²) in [5.74, 6) is -0.201. The van der Waals surface area contributed by atoms with Gasteiger partial charge in [0.2, 0.25) is 5.91 Å². The molecule has 8 heteroatoms. The van der Waals surface area contributed by atoms with Gasteiger partial charge in [0.1, 0.15) is 18.4 Å². The van der Waals surface area contributed by atoms with Crippen LogP contribution in [0.5, 0.6) is 0 Å². The van der Waals surface area contributed by atoms with Gasteiger partial charge in [0, 0.05) is 24.7 Å². The molecule has 1 atom stereocenters. The van der Waals surface area contributed by atoms with Crippen LogP contribution < -0.4 is 10.9 Å². The second-order valence-corrected chi connectivity index (χ2v) is 8.12. The maximum Gasteiger partial charge on any atom is 0.293 e. The number of carbonyl (C=O) groups is 1. The van der Waals surface area contributed by atoms with Crippen molar-refractivity contribution < 1.29 is 4.79 Å². The average molecular weight is 423 g/mol. The predicted molar refractivity (Wildman–Crippen MR) is 120 cm³/mol. The van der Waals surface area contributed by atoms with Gasteiger partial charge in [0.25, 0.3) is 5.56 Å². The number of aromatic nitrogens is 4. The van der Waals surface area contributed by atoms with E-state index in [-0.39, 0.29) is 18.0 Å². The molecule has 1 unspecified atom stereocenters. The number of benzene rings is 1. The van der Waals surface area contributed by atoms with Crippen molar-refractivity contribution in [1.29, 1.82) is 0 Å². The van der Waals surface area contributed by atoms with Crippen molar-refractivity contribution in [3.63, 3.8) is 0 Å². The molecule has 4 rings (SSSR count). The molecular formula is C23H30N6O2. The smallest absolute Gasteiger partial charge is 0.293 e. The van der Waals surface area contributed by atoms with E-state index in [1.165, 1.54) is 41.2 Å². The molecule has 1 aliphatic rings. The lowest BCUT2D eigenvalue weighted by atomic mass is 10.00. The Morgan fingerprint density at radius 3 is 2.87 bits per heavy atom. The number of nitrogens with one attached hydrogen (secondary N) is 1. The molecule has 0 aliphatic carbocycles. The Balaban J connectivity index is 1.33. The summed E-state index contributed by atoms with van der Waals surface area (Å²) in [6.45, 7) is 4.91. The molecule has 164 valence electrons. The third-order valence-electron chi connectivity index (χ3n) is 6.02. The summed E-state index contributed by atoms with van der Waals surface area (Å²) >= 11 is 0. The van der Waals surface area contributed by atoms with Crippen molar-refractivity contribution in [3.05, 3.63) is 53.1 Å². The average Bonchev–Trinajstić information content (AvgIpc) is 3.25. The quantitative estimate of drug-likeness (QED) is 0.563. The van der Waals surface area contributed by atoms with E-state index < -0.39 is 0 Å². The topological polar surface area (TPSA) is 84.5 Å². The summed E-state index contributed by atoms with van der Waals surface area (Å²) < 4.78 is 2.65. The Morgan fingerprint density at radius 1 is 1.23 bits per heavy atom. The number of rotatable bonds is 8. The Morgan fingerprint density at radius 2 is 2.06 bits per heavy atom. The summed E-state index contributed by atoms with van der Waals surface area (Å²) in [4.78, 5) is 27.7. The Kier molecular flexibility index (Phi) is 6.76. The van der Waals surface area contributed by atoms with Crippen LogP contribution in [0.4, 0.5) is 0 Å². The first-order chi connectivity index (χ1) is 15.2. The zero-order valence-corrected chi connectivity index (χ0v) is 18.0. The van der Waals surface area contributed by atoms with E-state index in [1.54, 1.807) is 6.07 Å². The molecule has 1 aliphatic heterocycles. The van der Waals surface area contributed by atoms with Crippen LogP contribution in [-0.2, 0) is 11.3 Å². The first kappa shape index (κ1) is 21.2. The van der Waals surface area contributed by atoms with Crippen LogP contribution >= 0.6 is 0 Å². The van der Waals surface area contributed by atoms with Crippen molar-refractivity contribution in [2.75, 3.05) is 19.6 Å². The zero-order valence-electron chi connectivity index (χ0n) is 18.0. The number of carbonyl (C=O) groups excluding carboxylic acids is 1. The molecule has 3 aromatic rings. The highest BCUT2D eigenvalue weighted by atomic mass is 16.2. The molecule has 0 bridgehead atoms. The summed E-state index contributed by atoms with van der Waals surface area (Å²) in [5.41, 5.74) is 1.70. The first-order valence-electron chi connectivity index (χ1n) is 11.2. The molecule has 0 spiro atoms. The Hall–Kier alpha value is -3.00. The summed E-state index contributed by atoms with van der Waals surface area (Å²) in [7, 11) is 0. The second kappa shape index (κ2) is 9.87. The Bertz CT molecular complexity index is 1070. The standard InChI is InChI=1S/C23H30N6O2/c1-2-19-11-6-7-13-27(19)14-8-12-24-22(30)16-28-23(31)21-15-20(26-29(21)17-25-28)18-9-4-3-5-10-18/h3-5,9-10,15,17,19H,2,6-8,11-14,16H2,1H3,(H,24,30). The molecule has 1 aromatic carbocycles. The minimum absolute atomic E-state index is 0.0948. The molecule has 2 aromatic heterocycles. The molecular weight excluding hydrogens is 392 g/mol. The van der Waals surface area contributed by atoms with Crippen molar-refractivity contribution in [2.45, 2.75) is 51.6 Å². The first-order valence-corrected chi connectivity index (χ1v) is 11.2. The van der Waals surface area contributed by atoms with Gasteiger partial charge >= 0.3 is 0 Å². The molecule has 0 radical (unpaired) electrons. The third kappa shape index (κ3) is 5.02. The fourth-order valence-corrected chi connectivity index (χ4v) is 4.32. The van der Waals surface area contributed by atoms with Crippen molar-refractivity contribution in [1.82, 2.24) is 29.6 Å². The van der Waals surface area contributed by atoms with Crippen LogP contribution in [0, 0.1) is 0 Å². The van der Waals surface area contributed by atoms with Crippen molar-refractivity contribution in [2.24, 2.45) is 0 Å². The lowest BCUT2D eigenvalue weighted by Crippen LogP contribution is -2.41. The molecule has 0 saturated carbocycles. The van der Waals surface area contributed by atoms with E-state index >= 15 is 0 Å². The number of likely N-dealkylation sites (tertiary alicyclic amines) is 1. The fraction of sp³-hybridized carbons (Fsp3) is 0.478. The van der Waals surface area contributed by atoms with Crippen LogP contribution in [0.25, 0.3) is 16.8 Å². The number of amides is 1. The largest absolute Gasteiger partial charge is 0.354 e. The van der Waals surface area contributed by atoms with Crippen molar-refractivity contribution in [3.8, 4) is 11.3 Å². The lowest BCUT2D eigenvalue weighted by Gasteiger charge is -2.35. The van der Waals surface area contributed by atoms with E-state index in [9.17, 15) is 9.59 Å². The third-order valence-corrected chi connectivity index (χ3v) is 6.02. The number of piperidine rings is 1. The molecule has 1 fully saturated rings. The van der Waals surface area contributed by atoms with Gasteiger partial charge < -0.3 is 10.2 Å². The number of nitrogens with zero attached hydrogens (tertiary/aromatic N) is 5. The van der Waals surface area contributed by atoms with Gasteiger partial charge in [-0.1, -0.05) is 43.7 Å². The van der Waals surface area contributed by atoms with E-state index in [4.69, 9.17) is 0 Å². The monoisotopic (exact) mass is 422 g/mol. The van der Waals surface area contributed by atoms with Gasteiger partial charge in [0.15, 0.2) is 0 Å². The van der Waals surface area contributed by atoms with Gasteiger partial charge in [-0.3, -0.25) is 9.59 Å². The summed E-state index contributed by atoms with van der Waals surface area (Å²) in [5, 5.41) is 11.5. The number of hydrogen-bond donors (Lipinski definition) is 1. The molecule has 31 heavy (non-hydrogen) atoms. The van der Waals surface area contributed by atoms with Crippen LogP contribution in [0.1, 0.15) is 39.0 Å². The van der Waals surface area contributed by atoms with Crippen LogP contribution in [0.15, 0.2) is 47.5 Å². The summed E-state index contributed by atoms with van der Waals surface area (Å²) in [6, 6.07) is 12.1. The predicted octanol–water partition coefficient (Wildman–Crippen LogP) is 2.33. The van der Waals surface area contributed by atoms with Crippen LogP contribution in [0.2, 0.25) is 0 Å².